The largest absolute Gasteiger partial charge is 0.370 e. The number of hydrogen-bond donors (Lipinski definition) is 2. The fraction of sp³-hybridized carbons (Fsp3) is 0.938. The second-order valence-electron chi connectivity index (χ2n) is 6.78. The number of hydrogen-bond acceptors (Lipinski definition) is 3. The second-order valence-corrected chi connectivity index (χ2v) is 6.78. The summed E-state index contributed by atoms with van der Waals surface area (Å²) in [5.41, 5.74) is 6.02. The summed E-state index contributed by atoms with van der Waals surface area (Å²) in [6.45, 7) is 10.8. The van der Waals surface area contributed by atoms with Gasteiger partial charge in [0.15, 0.2) is 5.96 Å². The van der Waals surface area contributed by atoms with Crippen LogP contribution in [0.2, 0.25) is 0 Å². The minimum absolute atomic E-state index is 0.462. The minimum Gasteiger partial charge on any atom is -0.370 e. The third kappa shape index (κ3) is 6.66. The molecule has 2 unspecified atom stereocenters. The lowest BCUT2D eigenvalue weighted by molar-refractivity contribution is 0.260. The number of nitrogens with one attached hydrogen (secondary N) is 1. The number of likely N-dealkylation sites (N-methyl/N-ethyl adjacent to an activating group) is 2. The molecule has 1 aliphatic heterocycles. The first-order valence-electron chi connectivity index (χ1n) is 8.38. The standard InChI is InChI=1S/C16H35N5/c1-6-21-9-7-8-14(21)11-18-16(17)19-12-15(20(4)5)10-13(2)3/h13-15H,6-12H2,1-5H3,(H3,17,18,19). The van der Waals surface area contributed by atoms with Crippen LogP contribution in [0.5, 0.6) is 0 Å². The molecule has 124 valence electrons. The maximum absolute atomic E-state index is 6.02. The predicted octanol–water partition coefficient (Wildman–Crippen LogP) is 1.35. The number of aliphatic imine (C=N–C) groups is 1. The molecule has 1 rings (SSSR count). The Balaban J connectivity index is 2.37. The van der Waals surface area contributed by atoms with Crippen LogP contribution in [0.3, 0.4) is 0 Å². The van der Waals surface area contributed by atoms with Gasteiger partial charge in [0.1, 0.15) is 0 Å². The van der Waals surface area contributed by atoms with Crippen LogP contribution >= 0.6 is 0 Å². The number of nitrogens with zero attached hydrogens (tertiary/aromatic N) is 3. The Hall–Kier alpha value is -0.810. The summed E-state index contributed by atoms with van der Waals surface area (Å²) in [6, 6.07) is 1.08. The van der Waals surface area contributed by atoms with E-state index in [-0.39, 0.29) is 0 Å². The Morgan fingerprint density at radius 1 is 1.43 bits per heavy atom. The summed E-state index contributed by atoms with van der Waals surface area (Å²) in [6.07, 6.45) is 3.71. The van der Waals surface area contributed by atoms with Crippen molar-refractivity contribution < 1.29 is 0 Å². The van der Waals surface area contributed by atoms with Crippen molar-refractivity contribution in [2.75, 3.05) is 40.3 Å². The molecule has 1 aliphatic rings. The van der Waals surface area contributed by atoms with Crippen LogP contribution in [0.1, 0.15) is 40.0 Å². The first-order valence-corrected chi connectivity index (χ1v) is 8.38. The zero-order valence-electron chi connectivity index (χ0n) is 14.6. The van der Waals surface area contributed by atoms with Crippen LogP contribution < -0.4 is 11.1 Å². The maximum Gasteiger partial charge on any atom is 0.188 e. The third-order valence-electron chi connectivity index (χ3n) is 4.37. The SMILES string of the molecule is CCN1CCCC1CNC(N)=NCC(CC(C)C)N(C)C. The summed E-state index contributed by atoms with van der Waals surface area (Å²) in [7, 11) is 4.23. The number of guanidine groups is 1. The summed E-state index contributed by atoms with van der Waals surface area (Å²) in [5, 5.41) is 3.30. The molecule has 0 aromatic rings. The van der Waals surface area contributed by atoms with Crippen molar-refractivity contribution in [1.82, 2.24) is 15.1 Å². The molecule has 0 aromatic heterocycles. The van der Waals surface area contributed by atoms with E-state index >= 15 is 0 Å². The van der Waals surface area contributed by atoms with E-state index in [1.165, 1.54) is 19.4 Å². The van der Waals surface area contributed by atoms with Gasteiger partial charge in [0.2, 0.25) is 0 Å². The molecule has 5 nitrogen and oxygen atoms in total. The number of nitrogens with two attached hydrogens (primary N) is 1. The van der Waals surface area contributed by atoms with E-state index in [9.17, 15) is 0 Å². The van der Waals surface area contributed by atoms with Crippen molar-refractivity contribution in [1.29, 1.82) is 0 Å². The van der Waals surface area contributed by atoms with Gasteiger partial charge in [0.05, 0.1) is 6.54 Å². The molecular formula is C16H35N5. The lowest BCUT2D eigenvalue weighted by Crippen LogP contribution is -2.43. The molecule has 0 aromatic carbocycles. The Kier molecular flexibility index (Phi) is 8.04. The molecule has 1 heterocycles. The minimum atomic E-state index is 0.462. The van der Waals surface area contributed by atoms with E-state index in [1.807, 2.05) is 0 Å². The van der Waals surface area contributed by atoms with Crippen molar-refractivity contribution in [3.63, 3.8) is 0 Å². The van der Waals surface area contributed by atoms with Gasteiger partial charge >= 0.3 is 0 Å². The van der Waals surface area contributed by atoms with Crippen molar-refractivity contribution in [3.05, 3.63) is 0 Å². The molecular weight excluding hydrogens is 262 g/mol. The second kappa shape index (κ2) is 9.26. The predicted molar refractivity (Wildman–Crippen MR) is 91.7 cm³/mol. The van der Waals surface area contributed by atoms with E-state index in [0.717, 1.165) is 26.1 Å². The molecule has 1 saturated heterocycles. The Morgan fingerprint density at radius 2 is 2.14 bits per heavy atom. The van der Waals surface area contributed by atoms with Crippen molar-refractivity contribution in [2.24, 2.45) is 16.6 Å². The first kappa shape index (κ1) is 18.2. The summed E-state index contributed by atoms with van der Waals surface area (Å²) < 4.78 is 0. The van der Waals surface area contributed by atoms with Crippen LogP contribution in [0.25, 0.3) is 0 Å². The summed E-state index contributed by atoms with van der Waals surface area (Å²) in [5.74, 6) is 1.27. The van der Waals surface area contributed by atoms with Gasteiger partial charge in [0, 0.05) is 18.6 Å². The lowest BCUT2D eigenvalue weighted by Gasteiger charge is -2.25. The van der Waals surface area contributed by atoms with Gasteiger partial charge in [0.25, 0.3) is 0 Å². The van der Waals surface area contributed by atoms with Crippen molar-refractivity contribution in [3.8, 4) is 0 Å². The van der Waals surface area contributed by atoms with E-state index in [1.54, 1.807) is 0 Å². The van der Waals surface area contributed by atoms with E-state index in [4.69, 9.17) is 5.73 Å². The van der Waals surface area contributed by atoms with Crippen LogP contribution in [-0.4, -0.2) is 68.1 Å². The molecule has 0 aliphatic carbocycles. The summed E-state index contributed by atoms with van der Waals surface area (Å²) >= 11 is 0. The monoisotopic (exact) mass is 297 g/mol. The molecule has 5 heteroatoms. The topological polar surface area (TPSA) is 56.9 Å². The number of likely N-dealkylation sites (tertiary alicyclic amines) is 1. The molecule has 0 amide bonds. The first-order chi connectivity index (χ1) is 9.93. The third-order valence-corrected chi connectivity index (χ3v) is 4.37. The number of rotatable bonds is 8. The Morgan fingerprint density at radius 3 is 2.71 bits per heavy atom. The molecule has 1 fully saturated rings. The van der Waals surface area contributed by atoms with E-state index in [0.29, 0.717) is 24.0 Å². The molecule has 3 N–H and O–H groups in total. The molecule has 2 atom stereocenters. The van der Waals surface area contributed by atoms with Crippen LogP contribution in [0.15, 0.2) is 4.99 Å². The molecule has 0 radical (unpaired) electrons. The van der Waals surface area contributed by atoms with Gasteiger partial charge in [-0.25, -0.2) is 0 Å². The zero-order valence-corrected chi connectivity index (χ0v) is 14.6. The average molecular weight is 297 g/mol. The highest BCUT2D eigenvalue weighted by molar-refractivity contribution is 5.77. The zero-order chi connectivity index (χ0) is 15.8. The van der Waals surface area contributed by atoms with Crippen LogP contribution in [-0.2, 0) is 0 Å². The highest BCUT2D eigenvalue weighted by Gasteiger charge is 2.22. The molecule has 0 spiro atoms. The van der Waals surface area contributed by atoms with Crippen LogP contribution in [0, 0.1) is 5.92 Å². The van der Waals surface area contributed by atoms with Gasteiger partial charge in [-0.3, -0.25) is 9.89 Å². The van der Waals surface area contributed by atoms with E-state index in [2.05, 4.69) is 55.0 Å². The fourth-order valence-electron chi connectivity index (χ4n) is 3.02. The van der Waals surface area contributed by atoms with Crippen LogP contribution in [0.4, 0.5) is 0 Å². The van der Waals surface area contributed by atoms with Crippen molar-refractivity contribution in [2.45, 2.75) is 52.1 Å². The van der Waals surface area contributed by atoms with Gasteiger partial charge in [-0.1, -0.05) is 20.8 Å². The highest BCUT2D eigenvalue weighted by atomic mass is 15.2. The van der Waals surface area contributed by atoms with Crippen molar-refractivity contribution >= 4 is 5.96 Å². The lowest BCUT2D eigenvalue weighted by atomic mass is 10.0. The van der Waals surface area contributed by atoms with Gasteiger partial charge in [-0.05, 0) is 52.4 Å². The van der Waals surface area contributed by atoms with Gasteiger partial charge in [-0.15, -0.1) is 0 Å². The molecule has 0 saturated carbocycles. The highest BCUT2D eigenvalue weighted by Crippen LogP contribution is 2.15. The Bertz CT molecular complexity index is 314. The smallest absolute Gasteiger partial charge is 0.188 e. The normalized spacial score (nSPS) is 22.2. The fourth-order valence-corrected chi connectivity index (χ4v) is 3.02. The molecule has 21 heavy (non-hydrogen) atoms. The maximum atomic E-state index is 6.02. The summed E-state index contributed by atoms with van der Waals surface area (Å²) in [4.78, 5) is 9.29. The molecule has 0 bridgehead atoms. The Labute approximate surface area is 131 Å². The van der Waals surface area contributed by atoms with Gasteiger partial charge in [-0.2, -0.15) is 0 Å². The quantitative estimate of drug-likeness (QED) is 0.524. The van der Waals surface area contributed by atoms with E-state index < -0.39 is 0 Å². The van der Waals surface area contributed by atoms with Gasteiger partial charge < -0.3 is 16.0 Å². The average Bonchev–Trinajstić information content (AvgIpc) is 2.87.